The van der Waals surface area contributed by atoms with E-state index < -0.39 is 0 Å². The first-order chi connectivity index (χ1) is 15.1. The van der Waals surface area contributed by atoms with Crippen LogP contribution in [0.5, 0.6) is 5.75 Å². The number of carbonyl (C=O) groups excluding carboxylic acids is 2. The summed E-state index contributed by atoms with van der Waals surface area (Å²) in [5, 5.41) is 5.92. The van der Waals surface area contributed by atoms with Gasteiger partial charge in [0.25, 0.3) is 5.91 Å². The first-order valence-corrected chi connectivity index (χ1v) is 10.3. The maximum Gasteiger partial charge on any atom is 0.258 e. The molecular formula is C25H27N3O3. The second kappa shape index (κ2) is 10.8. The topological polar surface area (TPSA) is 70.7 Å². The Morgan fingerprint density at radius 1 is 0.903 bits per heavy atom. The van der Waals surface area contributed by atoms with Crippen LogP contribution in [0.4, 0.5) is 17.1 Å². The van der Waals surface area contributed by atoms with E-state index in [1.54, 1.807) is 36.2 Å². The van der Waals surface area contributed by atoms with Gasteiger partial charge in [-0.3, -0.25) is 9.59 Å². The fourth-order valence-corrected chi connectivity index (χ4v) is 3.00. The molecule has 0 unspecified atom stereocenters. The minimum atomic E-state index is -0.208. The van der Waals surface area contributed by atoms with Gasteiger partial charge in [0.05, 0.1) is 13.2 Å². The monoisotopic (exact) mass is 417 g/mol. The number of hydrogen-bond donors (Lipinski definition) is 2. The lowest BCUT2D eigenvalue weighted by atomic mass is 10.1. The van der Waals surface area contributed by atoms with Crippen molar-refractivity contribution in [2.75, 3.05) is 35.7 Å². The third-order valence-corrected chi connectivity index (χ3v) is 4.60. The summed E-state index contributed by atoms with van der Waals surface area (Å²) in [4.78, 5) is 26.7. The fraction of sp³-hybridized carbons (Fsp3) is 0.200. The molecule has 0 bridgehead atoms. The zero-order chi connectivity index (χ0) is 22.1. The van der Waals surface area contributed by atoms with Gasteiger partial charge in [-0.2, -0.15) is 0 Å². The Kier molecular flexibility index (Phi) is 7.65. The molecular weight excluding hydrogens is 390 g/mol. The SMILES string of the molecule is CCCOc1cccc(NCC(=O)Nc2cccc(C(=O)N(C)c3ccccc3)c2)c1. The van der Waals surface area contributed by atoms with Crippen molar-refractivity contribution in [1.29, 1.82) is 0 Å². The molecule has 3 aromatic rings. The molecule has 0 heterocycles. The Labute approximate surface area is 182 Å². The van der Waals surface area contributed by atoms with E-state index in [9.17, 15) is 9.59 Å². The minimum Gasteiger partial charge on any atom is -0.494 e. The van der Waals surface area contributed by atoms with Gasteiger partial charge in [0.1, 0.15) is 5.75 Å². The Balaban J connectivity index is 1.58. The smallest absolute Gasteiger partial charge is 0.258 e. The Morgan fingerprint density at radius 2 is 1.65 bits per heavy atom. The number of anilines is 3. The molecule has 0 aliphatic carbocycles. The van der Waals surface area contributed by atoms with Crippen molar-refractivity contribution in [3.05, 3.63) is 84.4 Å². The Hall–Kier alpha value is -3.80. The van der Waals surface area contributed by atoms with Crippen LogP contribution >= 0.6 is 0 Å². The van der Waals surface area contributed by atoms with Gasteiger partial charge < -0.3 is 20.3 Å². The van der Waals surface area contributed by atoms with Gasteiger partial charge in [-0.15, -0.1) is 0 Å². The molecule has 0 fully saturated rings. The van der Waals surface area contributed by atoms with Gasteiger partial charge >= 0.3 is 0 Å². The summed E-state index contributed by atoms with van der Waals surface area (Å²) in [6, 6.07) is 23.8. The van der Waals surface area contributed by atoms with Crippen LogP contribution in [0.1, 0.15) is 23.7 Å². The highest BCUT2D eigenvalue weighted by molar-refractivity contribution is 6.06. The Morgan fingerprint density at radius 3 is 2.42 bits per heavy atom. The summed E-state index contributed by atoms with van der Waals surface area (Å²) in [6.45, 7) is 2.80. The van der Waals surface area contributed by atoms with E-state index in [0.717, 1.165) is 23.5 Å². The third kappa shape index (κ3) is 6.34. The van der Waals surface area contributed by atoms with Gasteiger partial charge in [0.15, 0.2) is 0 Å². The second-order valence-corrected chi connectivity index (χ2v) is 7.06. The molecule has 0 radical (unpaired) electrons. The summed E-state index contributed by atoms with van der Waals surface area (Å²) < 4.78 is 5.61. The zero-order valence-corrected chi connectivity index (χ0v) is 17.8. The van der Waals surface area contributed by atoms with Crippen LogP contribution in [0.25, 0.3) is 0 Å². The lowest BCUT2D eigenvalue weighted by molar-refractivity contribution is -0.114. The number of hydrogen-bond acceptors (Lipinski definition) is 4. The Bertz CT molecular complexity index is 1020. The maximum absolute atomic E-state index is 12.8. The van der Waals surface area contributed by atoms with Crippen molar-refractivity contribution >= 4 is 28.9 Å². The van der Waals surface area contributed by atoms with E-state index in [1.165, 1.54) is 0 Å². The van der Waals surface area contributed by atoms with Crippen LogP contribution in [0, 0.1) is 0 Å². The van der Waals surface area contributed by atoms with Crippen LogP contribution in [0.2, 0.25) is 0 Å². The summed E-state index contributed by atoms with van der Waals surface area (Å²) in [6.07, 6.45) is 0.933. The number of benzene rings is 3. The van der Waals surface area contributed by atoms with Crippen molar-refractivity contribution in [2.45, 2.75) is 13.3 Å². The molecule has 160 valence electrons. The van der Waals surface area contributed by atoms with Crippen LogP contribution in [0.3, 0.4) is 0 Å². The number of carbonyl (C=O) groups is 2. The molecule has 6 heteroatoms. The van der Waals surface area contributed by atoms with Crippen LogP contribution < -0.4 is 20.3 Å². The number of para-hydroxylation sites is 1. The first kappa shape index (κ1) is 21.9. The predicted octanol–water partition coefficient (Wildman–Crippen LogP) is 4.80. The average molecular weight is 418 g/mol. The summed E-state index contributed by atoms with van der Waals surface area (Å²) >= 11 is 0. The molecule has 0 aliphatic rings. The first-order valence-electron chi connectivity index (χ1n) is 10.3. The molecule has 0 saturated carbocycles. The number of amides is 2. The van der Waals surface area contributed by atoms with Crippen molar-refractivity contribution in [1.82, 2.24) is 0 Å². The van der Waals surface area contributed by atoms with E-state index in [-0.39, 0.29) is 18.4 Å². The number of nitrogens with zero attached hydrogens (tertiary/aromatic N) is 1. The molecule has 0 atom stereocenters. The predicted molar refractivity (Wildman–Crippen MR) is 125 cm³/mol. The highest BCUT2D eigenvalue weighted by atomic mass is 16.5. The minimum absolute atomic E-state index is 0.0966. The molecule has 2 amide bonds. The maximum atomic E-state index is 12.8. The van der Waals surface area contributed by atoms with E-state index >= 15 is 0 Å². The highest BCUT2D eigenvalue weighted by Gasteiger charge is 2.14. The molecule has 2 N–H and O–H groups in total. The van der Waals surface area contributed by atoms with E-state index in [2.05, 4.69) is 17.6 Å². The van der Waals surface area contributed by atoms with Crippen molar-refractivity contribution in [3.8, 4) is 5.75 Å². The highest BCUT2D eigenvalue weighted by Crippen LogP contribution is 2.19. The van der Waals surface area contributed by atoms with Gasteiger partial charge in [-0.05, 0) is 48.9 Å². The van der Waals surface area contributed by atoms with Crippen molar-refractivity contribution < 1.29 is 14.3 Å². The quantitative estimate of drug-likeness (QED) is 0.525. The van der Waals surface area contributed by atoms with Crippen LogP contribution in [-0.2, 0) is 4.79 Å². The van der Waals surface area contributed by atoms with E-state index in [1.807, 2.05) is 54.6 Å². The van der Waals surface area contributed by atoms with Crippen LogP contribution in [-0.4, -0.2) is 32.0 Å². The molecule has 0 aromatic heterocycles. The summed E-state index contributed by atoms with van der Waals surface area (Å²) in [5.41, 5.74) is 2.67. The molecule has 0 aliphatic heterocycles. The fourth-order valence-electron chi connectivity index (χ4n) is 3.00. The van der Waals surface area contributed by atoms with E-state index in [0.29, 0.717) is 17.9 Å². The molecule has 0 saturated heterocycles. The molecule has 6 nitrogen and oxygen atoms in total. The van der Waals surface area contributed by atoms with Gasteiger partial charge in [-0.1, -0.05) is 37.3 Å². The summed E-state index contributed by atoms with van der Waals surface area (Å²) in [5.74, 6) is 0.409. The number of rotatable bonds is 9. The van der Waals surface area contributed by atoms with Crippen molar-refractivity contribution in [2.24, 2.45) is 0 Å². The van der Waals surface area contributed by atoms with E-state index in [4.69, 9.17) is 4.74 Å². The standard InChI is InChI=1S/C25H27N3O3/c1-3-15-31-23-14-8-10-20(17-23)26-18-24(29)27-21-11-7-9-19(16-21)25(30)28(2)22-12-5-4-6-13-22/h4-14,16-17,26H,3,15,18H2,1-2H3,(H,27,29). The number of ether oxygens (including phenoxy) is 1. The largest absolute Gasteiger partial charge is 0.494 e. The molecule has 3 aromatic carbocycles. The van der Waals surface area contributed by atoms with Crippen molar-refractivity contribution in [3.63, 3.8) is 0 Å². The van der Waals surface area contributed by atoms with Gasteiger partial charge in [0.2, 0.25) is 5.91 Å². The van der Waals surface area contributed by atoms with Gasteiger partial charge in [0, 0.05) is 35.7 Å². The third-order valence-electron chi connectivity index (χ3n) is 4.60. The number of nitrogens with one attached hydrogen (secondary N) is 2. The summed E-state index contributed by atoms with van der Waals surface area (Å²) in [7, 11) is 1.73. The lowest BCUT2D eigenvalue weighted by Crippen LogP contribution is -2.26. The normalized spacial score (nSPS) is 10.3. The lowest BCUT2D eigenvalue weighted by Gasteiger charge is -2.17. The van der Waals surface area contributed by atoms with Gasteiger partial charge in [-0.25, -0.2) is 0 Å². The molecule has 3 rings (SSSR count). The molecule has 0 spiro atoms. The average Bonchev–Trinajstić information content (AvgIpc) is 2.81. The second-order valence-electron chi connectivity index (χ2n) is 7.06. The van der Waals surface area contributed by atoms with Crippen LogP contribution in [0.15, 0.2) is 78.9 Å². The zero-order valence-electron chi connectivity index (χ0n) is 17.8. The molecule has 31 heavy (non-hydrogen) atoms.